The molecule has 1 aromatic rings. The molecule has 1 aliphatic rings. The van der Waals surface area contributed by atoms with E-state index in [0.717, 1.165) is 56.6 Å². The molecule has 104 valence electrons. The lowest BCUT2D eigenvalue weighted by molar-refractivity contribution is -0.109. The molecule has 1 N–H and O–H groups in total. The number of ether oxygens (including phenoxy) is 1. The van der Waals surface area contributed by atoms with E-state index in [4.69, 9.17) is 4.74 Å². The maximum atomic E-state index is 11.3. The molecule has 19 heavy (non-hydrogen) atoms. The van der Waals surface area contributed by atoms with Crippen molar-refractivity contribution < 1.29 is 9.53 Å². The lowest BCUT2D eigenvalue weighted by Gasteiger charge is -2.29. The summed E-state index contributed by atoms with van der Waals surface area (Å²) >= 11 is 0. The van der Waals surface area contributed by atoms with Crippen LogP contribution in [0.1, 0.15) is 19.3 Å². The molecule has 0 fully saturated rings. The van der Waals surface area contributed by atoms with Crippen LogP contribution in [0, 0.1) is 0 Å². The van der Waals surface area contributed by atoms with Gasteiger partial charge in [-0.25, -0.2) is 0 Å². The van der Waals surface area contributed by atoms with Gasteiger partial charge in [-0.05, 0) is 31.4 Å². The molecule has 4 nitrogen and oxygen atoms in total. The van der Waals surface area contributed by atoms with Crippen molar-refractivity contribution in [3.05, 3.63) is 24.3 Å². The number of hydrogen-bond donors (Lipinski definition) is 1. The molecule has 0 aromatic heterocycles. The molecule has 1 aliphatic heterocycles. The predicted molar refractivity (Wildman–Crippen MR) is 77.9 cm³/mol. The smallest absolute Gasteiger partial charge is 0.142 e. The zero-order chi connectivity index (χ0) is 13.5. The first-order valence-corrected chi connectivity index (χ1v) is 6.90. The lowest BCUT2D eigenvalue weighted by Crippen LogP contribution is -2.37. The summed E-state index contributed by atoms with van der Waals surface area (Å²) in [4.78, 5) is 13.5. The minimum Gasteiger partial charge on any atom is -0.385 e. The fourth-order valence-electron chi connectivity index (χ4n) is 2.52. The number of hydrogen-bond acceptors (Lipinski definition) is 4. The summed E-state index contributed by atoms with van der Waals surface area (Å²) < 4.78 is 5.08. The third-order valence-electron chi connectivity index (χ3n) is 3.52. The standard InChI is InChI=1S/C15H22N2O2/c1-19-11-5-4-10-17-13(12-18)8-9-16-14-6-2-3-7-15(14)17/h2-3,6-7,12-13,16H,4-5,8-11H2,1H3. The molecule has 1 unspecified atom stereocenters. The number of anilines is 2. The average Bonchev–Trinajstić information content (AvgIpc) is 2.63. The van der Waals surface area contributed by atoms with Crippen molar-refractivity contribution >= 4 is 17.7 Å². The quantitative estimate of drug-likeness (QED) is 0.631. The Morgan fingerprint density at radius 2 is 2.26 bits per heavy atom. The van der Waals surface area contributed by atoms with Crippen molar-refractivity contribution in [3.63, 3.8) is 0 Å². The topological polar surface area (TPSA) is 41.6 Å². The number of carbonyl (C=O) groups excluding carboxylic acids is 1. The van der Waals surface area contributed by atoms with Crippen LogP contribution < -0.4 is 10.2 Å². The molecular weight excluding hydrogens is 240 g/mol. The summed E-state index contributed by atoms with van der Waals surface area (Å²) in [5.41, 5.74) is 2.26. The van der Waals surface area contributed by atoms with Crippen LogP contribution in [-0.4, -0.2) is 39.1 Å². The van der Waals surface area contributed by atoms with E-state index in [2.05, 4.69) is 22.3 Å². The second-order valence-electron chi connectivity index (χ2n) is 4.83. The minimum atomic E-state index is -0.0290. The van der Waals surface area contributed by atoms with Crippen molar-refractivity contribution in [1.82, 2.24) is 0 Å². The molecule has 0 bridgehead atoms. The number of nitrogens with one attached hydrogen (secondary N) is 1. The number of carbonyl (C=O) groups is 1. The van der Waals surface area contributed by atoms with Crippen LogP contribution >= 0.6 is 0 Å². The second kappa shape index (κ2) is 7.14. The zero-order valence-electron chi connectivity index (χ0n) is 11.5. The number of benzene rings is 1. The molecule has 4 heteroatoms. The van der Waals surface area contributed by atoms with Gasteiger partial charge in [0, 0.05) is 26.8 Å². The molecule has 1 aromatic carbocycles. The Morgan fingerprint density at radius 3 is 3.05 bits per heavy atom. The van der Waals surface area contributed by atoms with E-state index in [9.17, 15) is 4.79 Å². The van der Waals surface area contributed by atoms with Gasteiger partial charge in [-0.1, -0.05) is 12.1 Å². The third-order valence-corrected chi connectivity index (χ3v) is 3.52. The van der Waals surface area contributed by atoms with E-state index >= 15 is 0 Å². The highest BCUT2D eigenvalue weighted by molar-refractivity contribution is 5.76. The summed E-state index contributed by atoms with van der Waals surface area (Å²) in [5, 5.41) is 3.40. The number of fused-ring (bicyclic) bond motifs is 1. The minimum absolute atomic E-state index is 0.0290. The highest BCUT2D eigenvalue weighted by atomic mass is 16.5. The van der Waals surface area contributed by atoms with Crippen LogP contribution in [0.15, 0.2) is 24.3 Å². The van der Waals surface area contributed by atoms with E-state index in [1.54, 1.807) is 7.11 Å². The van der Waals surface area contributed by atoms with Crippen molar-refractivity contribution in [1.29, 1.82) is 0 Å². The highest BCUT2D eigenvalue weighted by Gasteiger charge is 2.22. The van der Waals surface area contributed by atoms with Crippen LogP contribution in [0.5, 0.6) is 0 Å². The molecule has 2 rings (SSSR count). The second-order valence-corrected chi connectivity index (χ2v) is 4.83. The Bertz CT molecular complexity index is 409. The van der Waals surface area contributed by atoms with E-state index in [0.29, 0.717) is 0 Å². The van der Waals surface area contributed by atoms with Crippen molar-refractivity contribution in [3.8, 4) is 0 Å². The van der Waals surface area contributed by atoms with Crippen molar-refractivity contribution in [2.75, 3.05) is 37.0 Å². The van der Waals surface area contributed by atoms with Crippen LogP contribution in [0.4, 0.5) is 11.4 Å². The largest absolute Gasteiger partial charge is 0.385 e. The number of nitrogens with zero attached hydrogens (tertiary/aromatic N) is 1. The molecule has 0 spiro atoms. The first-order valence-electron chi connectivity index (χ1n) is 6.90. The van der Waals surface area contributed by atoms with Crippen LogP contribution in [-0.2, 0) is 9.53 Å². The summed E-state index contributed by atoms with van der Waals surface area (Å²) in [6.45, 7) is 2.51. The summed E-state index contributed by atoms with van der Waals surface area (Å²) in [5.74, 6) is 0. The maximum absolute atomic E-state index is 11.3. The van der Waals surface area contributed by atoms with Gasteiger partial charge in [0.25, 0.3) is 0 Å². The highest BCUT2D eigenvalue weighted by Crippen LogP contribution is 2.30. The summed E-state index contributed by atoms with van der Waals surface area (Å²) in [6.07, 6.45) is 3.98. The Hall–Kier alpha value is -1.55. The molecular formula is C15H22N2O2. The van der Waals surface area contributed by atoms with Gasteiger partial charge in [0.15, 0.2) is 0 Å². The van der Waals surface area contributed by atoms with Gasteiger partial charge in [-0.15, -0.1) is 0 Å². The maximum Gasteiger partial charge on any atom is 0.142 e. The third kappa shape index (κ3) is 3.47. The molecule has 0 saturated heterocycles. The molecule has 0 aliphatic carbocycles. The van der Waals surface area contributed by atoms with Crippen molar-refractivity contribution in [2.45, 2.75) is 25.3 Å². The number of methoxy groups -OCH3 is 1. The number of para-hydroxylation sites is 2. The molecule has 0 amide bonds. The average molecular weight is 262 g/mol. The van der Waals surface area contributed by atoms with E-state index in [1.165, 1.54) is 0 Å². The summed E-state index contributed by atoms with van der Waals surface area (Å²) in [7, 11) is 1.72. The van der Waals surface area contributed by atoms with E-state index < -0.39 is 0 Å². The monoisotopic (exact) mass is 262 g/mol. The molecule has 0 radical (unpaired) electrons. The molecule has 0 saturated carbocycles. The fourth-order valence-corrected chi connectivity index (χ4v) is 2.52. The fraction of sp³-hybridized carbons (Fsp3) is 0.533. The molecule has 1 heterocycles. The van der Waals surface area contributed by atoms with Crippen LogP contribution in [0.25, 0.3) is 0 Å². The van der Waals surface area contributed by atoms with Crippen LogP contribution in [0.2, 0.25) is 0 Å². The zero-order valence-corrected chi connectivity index (χ0v) is 11.5. The Kier molecular flexibility index (Phi) is 5.21. The first-order chi connectivity index (χ1) is 9.36. The molecule has 1 atom stereocenters. The van der Waals surface area contributed by atoms with Gasteiger partial charge in [0.05, 0.1) is 17.4 Å². The van der Waals surface area contributed by atoms with E-state index in [1.807, 2.05) is 12.1 Å². The van der Waals surface area contributed by atoms with Gasteiger partial charge < -0.3 is 19.7 Å². The Balaban J connectivity index is 2.12. The number of rotatable bonds is 6. The van der Waals surface area contributed by atoms with Crippen LogP contribution in [0.3, 0.4) is 0 Å². The normalized spacial score (nSPS) is 18.4. The number of aldehydes is 1. The predicted octanol–water partition coefficient (Wildman–Crippen LogP) is 2.30. The Morgan fingerprint density at radius 1 is 1.42 bits per heavy atom. The lowest BCUT2D eigenvalue weighted by atomic mass is 10.1. The summed E-state index contributed by atoms with van der Waals surface area (Å²) in [6, 6.07) is 8.18. The van der Waals surface area contributed by atoms with E-state index in [-0.39, 0.29) is 6.04 Å². The van der Waals surface area contributed by atoms with Gasteiger partial charge in [-0.3, -0.25) is 0 Å². The van der Waals surface area contributed by atoms with Gasteiger partial charge in [-0.2, -0.15) is 0 Å². The Labute approximate surface area is 114 Å². The number of unbranched alkanes of at least 4 members (excludes halogenated alkanes) is 1. The first kappa shape index (κ1) is 13.9. The van der Waals surface area contributed by atoms with Crippen molar-refractivity contribution in [2.24, 2.45) is 0 Å². The van der Waals surface area contributed by atoms with Gasteiger partial charge >= 0.3 is 0 Å². The SMILES string of the molecule is COCCCCN1c2ccccc2NCCC1C=O. The van der Waals surface area contributed by atoms with Gasteiger partial charge in [0.1, 0.15) is 6.29 Å². The van der Waals surface area contributed by atoms with Gasteiger partial charge in [0.2, 0.25) is 0 Å².